The van der Waals surface area contributed by atoms with Crippen LogP contribution in [0.2, 0.25) is 0 Å². The standard InChI is InChI=1S/C14H22N4O2/c1-11(2)16-13(19)17-5-3-14(9-17)7-12(8-20-14)18-6-4-15-10-18/h4,6,10-12H,3,5,7-9H2,1-2H3,(H,16,19). The maximum atomic E-state index is 12.1. The van der Waals surface area contributed by atoms with E-state index >= 15 is 0 Å². The van der Waals surface area contributed by atoms with E-state index in [-0.39, 0.29) is 17.7 Å². The summed E-state index contributed by atoms with van der Waals surface area (Å²) >= 11 is 0. The van der Waals surface area contributed by atoms with Gasteiger partial charge in [0.15, 0.2) is 0 Å². The molecule has 2 atom stereocenters. The van der Waals surface area contributed by atoms with Crippen LogP contribution < -0.4 is 5.32 Å². The van der Waals surface area contributed by atoms with Crippen LogP contribution >= 0.6 is 0 Å². The molecule has 1 N–H and O–H groups in total. The Bertz CT molecular complexity index is 474. The SMILES string of the molecule is CC(C)NC(=O)N1CCC2(CC(n3ccnc3)CO2)C1. The van der Waals surface area contributed by atoms with Crippen LogP contribution in [0.3, 0.4) is 0 Å². The molecule has 2 saturated heterocycles. The molecule has 2 aliphatic heterocycles. The van der Waals surface area contributed by atoms with Gasteiger partial charge in [0.2, 0.25) is 0 Å². The molecule has 0 aromatic carbocycles. The van der Waals surface area contributed by atoms with Crippen LogP contribution in [0.15, 0.2) is 18.7 Å². The van der Waals surface area contributed by atoms with Gasteiger partial charge in [-0.3, -0.25) is 0 Å². The van der Waals surface area contributed by atoms with Crippen LogP contribution in [-0.2, 0) is 4.74 Å². The van der Waals surface area contributed by atoms with Crippen molar-refractivity contribution >= 4 is 6.03 Å². The van der Waals surface area contributed by atoms with E-state index in [2.05, 4.69) is 14.9 Å². The molecule has 1 spiro atoms. The largest absolute Gasteiger partial charge is 0.371 e. The predicted molar refractivity (Wildman–Crippen MR) is 74.4 cm³/mol. The number of amides is 2. The predicted octanol–water partition coefficient (Wildman–Crippen LogP) is 1.41. The van der Waals surface area contributed by atoms with Gasteiger partial charge in [-0.15, -0.1) is 0 Å². The lowest BCUT2D eigenvalue weighted by Gasteiger charge is -2.24. The zero-order chi connectivity index (χ0) is 14.2. The van der Waals surface area contributed by atoms with E-state index in [0.717, 1.165) is 19.4 Å². The molecule has 20 heavy (non-hydrogen) atoms. The third-order valence-electron chi connectivity index (χ3n) is 4.15. The molecule has 0 aliphatic carbocycles. The average molecular weight is 278 g/mol. The van der Waals surface area contributed by atoms with E-state index in [1.165, 1.54) is 0 Å². The first-order chi connectivity index (χ1) is 9.58. The maximum Gasteiger partial charge on any atom is 0.317 e. The Labute approximate surface area is 119 Å². The number of nitrogens with zero attached hydrogens (tertiary/aromatic N) is 3. The summed E-state index contributed by atoms with van der Waals surface area (Å²) in [5.74, 6) is 0. The zero-order valence-corrected chi connectivity index (χ0v) is 12.1. The summed E-state index contributed by atoms with van der Waals surface area (Å²) in [6, 6.07) is 0.527. The Balaban J connectivity index is 1.61. The van der Waals surface area contributed by atoms with Crippen LogP contribution in [0.25, 0.3) is 0 Å². The molecule has 0 bridgehead atoms. The first-order valence-corrected chi connectivity index (χ1v) is 7.25. The van der Waals surface area contributed by atoms with E-state index in [4.69, 9.17) is 4.74 Å². The number of urea groups is 1. The Kier molecular flexibility index (Phi) is 3.41. The number of carbonyl (C=O) groups excluding carboxylic acids is 1. The topological polar surface area (TPSA) is 59.4 Å². The molecule has 2 fully saturated rings. The number of ether oxygens (including phenoxy) is 1. The molecular formula is C14H22N4O2. The molecule has 3 heterocycles. The van der Waals surface area contributed by atoms with Crippen molar-refractivity contribution in [2.24, 2.45) is 0 Å². The van der Waals surface area contributed by atoms with Gasteiger partial charge in [0, 0.05) is 31.4 Å². The van der Waals surface area contributed by atoms with Crippen LogP contribution in [0.4, 0.5) is 4.79 Å². The second-order valence-electron chi connectivity index (χ2n) is 6.14. The molecule has 2 amide bonds. The quantitative estimate of drug-likeness (QED) is 0.889. The zero-order valence-electron chi connectivity index (χ0n) is 12.1. The van der Waals surface area contributed by atoms with Gasteiger partial charge in [0.05, 0.1) is 31.1 Å². The fraction of sp³-hybridized carbons (Fsp3) is 0.714. The highest BCUT2D eigenvalue weighted by Gasteiger charge is 2.47. The Morgan fingerprint density at radius 1 is 1.55 bits per heavy atom. The van der Waals surface area contributed by atoms with Crippen molar-refractivity contribution in [2.45, 2.75) is 44.4 Å². The highest BCUT2D eigenvalue weighted by Crippen LogP contribution is 2.39. The molecule has 0 radical (unpaired) electrons. The maximum absolute atomic E-state index is 12.1. The third kappa shape index (κ3) is 2.52. The number of imidazole rings is 1. The first kappa shape index (κ1) is 13.4. The summed E-state index contributed by atoms with van der Waals surface area (Å²) in [6.07, 6.45) is 7.48. The van der Waals surface area contributed by atoms with Crippen LogP contribution in [0, 0.1) is 0 Å². The van der Waals surface area contributed by atoms with Crippen molar-refractivity contribution in [3.05, 3.63) is 18.7 Å². The van der Waals surface area contributed by atoms with E-state index < -0.39 is 0 Å². The number of carbonyl (C=O) groups is 1. The van der Waals surface area contributed by atoms with Crippen molar-refractivity contribution in [2.75, 3.05) is 19.7 Å². The summed E-state index contributed by atoms with van der Waals surface area (Å²) in [4.78, 5) is 18.0. The van der Waals surface area contributed by atoms with Gasteiger partial charge in [-0.05, 0) is 20.3 Å². The molecule has 2 aliphatic rings. The molecule has 3 rings (SSSR count). The molecule has 1 aromatic rings. The van der Waals surface area contributed by atoms with E-state index in [0.29, 0.717) is 19.2 Å². The molecule has 6 heteroatoms. The van der Waals surface area contributed by atoms with Gasteiger partial charge in [-0.25, -0.2) is 9.78 Å². The highest BCUT2D eigenvalue weighted by molar-refractivity contribution is 5.74. The normalized spacial score (nSPS) is 29.6. The van der Waals surface area contributed by atoms with Crippen molar-refractivity contribution in [3.8, 4) is 0 Å². The number of hydrogen-bond acceptors (Lipinski definition) is 3. The minimum absolute atomic E-state index is 0.0200. The van der Waals surface area contributed by atoms with Gasteiger partial charge >= 0.3 is 6.03 Å². The molecule has 2 unspecified atom stereocenters. The minimum Gasteiger partial charge on any atom is -0.371 e. The Morgan fingerprint density at radius 3 is 3.10 bits per heavy atom. The van der Waals surface area contributed by atoms with E-state index in [1.807, 2.05) is 31.3 Å². The van der Waals surface area contributed by atoms with E-state index in [9.17, 15) is 4.79 Å². The van der Waals surface area contributed by atoms with Gasteiger partial charge in [0.25, 0.3) is 0 Å². The second-order valence-corrected chi connectivity index (χ2v) is 6.14. The molecule has 6 nitrogen and oxygen atoms in total. The summed E-state index contributed by atoms with van der Waals surface area (Å²) in [5, 5.41) is 2.95. The van der Waals surface area contributed by atoms with Crippen molar-refractivity contribution in [1.82, 2.24) is 19.8 Å². The number of hydrogen-bond donors (Lipinski definition) is 1. The Hall–Kier alpha value is -1.56. The molecule has 0 saturated carbocycles. The highest BCUT2D eigenvalue weighted by atomic mass is 16.5. The number of likely N-dealkylation sites (tertiary alicyclic amines) is 1. The lowest BCUT2D eigenvalue weighted by Crippen LogP contribution is -2.43. The van der Waals surface area contributed by atoms with E-state index in [1.54, 1.807) is 6.20 Å². The van der Waals surface area contributed by atoms with Crippen molar-refractivity contribution in [3.63, 3.8) is 0 Å². The monoisotopic (exact) mass is 278 g/mol. The van der Waals surface area contributed by atoms with Crippen molar-refractivity contribution < 1.29 is 9.53 Å². The summed E-state index contributed by atoms with van der Waals surface area (Å²) < 4.78 is 8.16. The summed E-state index contributed by atoms with van der Waals surface area (Å²) in [7, 11) is 0. The fourth-order valence-electron chi connectivity index (χ4n) is 3.14. The van der Waals surface area contributed by atoms with Crippen LogP contribution in [0.1, 0.15) is 32.7 Å². The summed E-state index contributed by atoms with van der Waals surface area (Å²) in [6.45, 7) is 6.12. The van der Waals surface area contributed by atoms with Crippen LogP contribution in [0.5, 0.6) is 0 Å². The minimum atomic E-state index is -0.163. The van der Waals surface area contributed by atoms with Gasteiger partial charge in [0.1, 0.15) is 0 Å². The lowest BCUT2D eigenvalue weighted by atomic mass is 9.97. The molecule has 110 valence electrons. The summed E-state index contributed by atoms with van der Waals surface area (Å²) in [5.41, 5.74) is -0.163. The number of rotatable bonds is 2. The van der Waals surface area contributed by atoms with Gasteiger partial charge in [-0.2, -0.15) is 0 Å². The first-order valence-electron chi connectivity index (χ1n) is 7.25. The van der Waals surface area contributed by atoms with Gasteiger partial charge in [-0.1, -0.05) is 0 Å². The molecular weight excluding hydrogens is 256 g/mol. The second kappa shape index (κ2) is 5.09. The fourth-order valence-corrected chi connectivity index (χ4v) is 3.14. The van der Waals surface area contributed by atoms with Crippen LogP contribution in [-0.4, -0.2) is 51.8 Å². The number of aromatic nitrogens is 2. The molecule has 1 aromatic heterocycles. The lowest BCUT2D eigenvalue weighted by molar-refractivity contribution is 0.0142. The Morgan fingerprint density at radius 2 is 2.40 bits per heavy atom. The third-order valence-corrected chi connectivity index (χ3v) is 4.15. The van der Waals surface area contributed by atoms with Gasteiger partial charge < -0.3 is 19.5 Å². The smallest absolute Gasteiger partial charge is 0.317 e. The van der Waals surface area contributed by atoms with Crippen molar-refractivity contribution in [1.29, 1.82) is 0 Å². The average Bonchev–Trinajstić information content (AvgIpc) is 3.11. The number of nitrogens with one attached hydrogen (secondary N) is 1.